The highest BCUT2D eigenvalue weighted by atomic mass is 32.1. The molecule has 1 N–H and O–H groups in total. The Labute approximate surface area is 186 Å². The largest absolute Gasteiger partial charge is 0.493 e. The fourth-order valence-corrected chi connectivity index (χ4v) is 4.66. The van der Waals surface area contributed by atoms with Crippen molar-refractivity contribution in [2.75, 3.05) is 20.8 Å². The molecule has 2 heterocycles. The van der Waals surface area contributed by atoms with E-state index in [0.29, 0.717) is 36.7 Å². The predicted molar refractivity (Wildman–Crippen MR) is 126 cm³/mol. The van der Waals surface area contributed by atoms with Gasteiger partial charge in [0, 0.05) is 18.5 Å². The number of thiophene rings is 1. The number of amides is 1. The minimum atomic E-state index is -0.0588. The van der Waals surface area contributed by atoms with Gasteiger partial charge in [0.25, 0.3) is 5.91 Å². The number of nitrogens with one attached hydrogen (secondary N) is 1. The van der Waals surface area contributed by atoms with Gasteiger partial charge in [-0.05, 0) is 54.1 Å². The van der Waals surface area contributed by atoms with Gasteiger partial charge < -0.3 is 19.4 Å². The molecule has 4 rings (SSSR count). The van der Waals surface area contributed by atoms with Crippen LogP contribution in [-0.2, 0) is 13.0 Å². The average Bonchev–Trinajstić information content (AvgIpc) is 3.36. The molecule has 0 bridgehead atoms. The third kappa shape index (κ3) is 4.59. The highest BCUT2D eigenvalue weighted by Gasteiger charge is 2.17. The van der Waals surface area contributed by atoms with Gasteiger partial charge in [0.1, 0.15) is 10.5 Å². The number of carbonyl (C=O) groups is 1. The first-order valence-electron chi connectivity index (χ1n) is 10.2. The first-order chi connectivity index (χ1) is 15.1. The molecule has 0 aliphatic rings. The molecule has 6 heteroatoms. The van der Waals surface area contributed by atoms with E-state index in [9.17, 15) is 4.79 Å². The van der Waals surface area contributed by atoms with E-state index >= 15 is 0 Å². The molecule has 0 fully saturated rings. The molecule has 1 amide bonds. The van der Waals surface area contributed by atoms with Crippen molar-refractivity contribution in [3.63, 3.8) is 0 Å². The third-order valence-corrected chi connectivity index (χ3v) is 6.26. The van der Waals surface area contributed by atoms with Crippen molar-refractivity contribution in [3.8, 4) is 11.5 Å². The number of aryl methyl sites for hydroxylation is 1. The summed E-state index contributed by atoms with van der Waals surface area (Å²) in [4.78, 5) is 14.1. The lowest BCUT2D eigenvalue weighted by atomic mass is 10.1. The Morgan fingerprint density at radius 2 is 1.84 bits per heavy atom. The Balaban J connectivity index is 1.48. The van der Waals surface area contributed by atoms with Crippen molar-refractivity contribution < 1.29 is 14.3 Å². The SMILES string of the molecule is COc1ccc(CCNC(=O)c2cc3ccsc3n2Cc2cccc(C)c2)cc1OC. The second-order valence-electron chi connectivity index (χ2n) is 7.48. The molecule has 4 aromatic rings. The third-order valence-electron chi connectivity index (χ3n) is 5.31. The Morgan fingerprint density at radius 3 is 2.61 bits per heavy atom. The molecule has 0 spiro atoms. The maximum atomic E-state index is 13.0. The lowest BCUT2D eigenvalue weighted by Crippen LogP contribution is -2.28. The normalized spacial score (nSPS) is 10.9. The summed E-state index contributed by atoms with van der Waals surface area (Å²) in [6.45, 7) is 3.30. The number of hydrogen-bond acceptors (Lipinski definition) is 4. The average molecular weight is 435 g/mol. The molecule has 2 aromatic carbocycles. The van der Waals surface area contributed by atoms with Crippen molar-refractivity contribution >= 4 is 27.5 Å². The number of ether oxygens (including phenoxy) is 2. The van der Waals surface area contributed by atoms with Gasteiger partial charge in [0.15, 0.2) is 11.5 Å². The molecule has 0 radical (unpaired) electrons. The van der Waals surface area contributed by atoms with Crippen LogP contribution in [0.4, 0.5) is 0 Å². The molecule has 5 nitrogen and oxygen atoms in total. The van der Waals surface area contributed by atoms with Crippen molar-refractivity contribution in [3.05, 3.63) is 82.4 Å². The fourth-order valence-electron chi connectivity index (χ4n) is 3.76. The number of nitrogens with zero attached hydrogens (tertiary/aromatic N) is 1. The van der Waals surface area contributed by atoms with Crippen LogP contribution in [0.1, 0.15) is 27.2 Å². The van der Waals surface area contributed by atoms with Gasteiger partial charge in [-0.25, -0.2) is 0 Å². The molecule has 160 valence electrons. The van der Waals surface area contributed by atoms with Crippen molar-refractivity contribution in [1.29, 1.82) is 0 Å². The van der Waals surface area contributed by atoms with Gasteiger partial charge in [0.2, 0.25) is 0 Å². The molecule has 31 heavy (non-hydrogen) atoms. The standard InChI is InChI=1S/C25H26N2O3S/c1-17-5-4-6-19(13-17)16-27-21(15-20-10-12-31-25(20)27)24(28)26-11-9-18-7-8-22(29-2)23(14-18)30-3/h4-8,10,12-15H,9,11,16H2,1-3H3,(H,26,28). The molecule has 0 saturated heterocycles. The predicted octanol–water partition coefficient (Wildman–Crippen LogP) is 5.05. The van der Waals surface area contributed by atoms with Crippen LogP contribution in [0.5, 0.6) is 11.5 Å². The van der Waals surface area contributed by atoms with Crippen LogP contribution in [-0.4, -0.2) is 31.2 Å². The maximum absolute atomic E-state index is 13.0. The Hall–Kier alpha value is -3.25. The lowest BCUT2D eigenvalue weighted by molar-refractivity contribution is 0.0946. The first kappa shape index (κ1) is 21.0. The second-order valence-corrected chi connectivity index (χ2v) is 8.38. The van der Waals surface area contributed by atoms with Crippen molar-refractivity contribution in [1.82, 2.24) is 9.88 Å². The van der Waals surface area contributed by atoms with E-state index in [1.165, 1.54) is 11.1 Å². The second kappa shape index (κ2) is 9.27. The molecule has 2 aromatic heterocycles. The minimum absolute atomic E-state index is 0.0588. The van der Waals surface area contributed by atoms with E-state index in [2.05, 4.69) is 52.5 Å². The minimum Gasteiger partial charge on any atom is -0.493 e. The summed E-state index contributed by atoms with van der Waals surface area (Å²) in [6.07, 6.45) is 0.707. The lowest BCUT2D eigenvalue weighted by Gasteiger charge is -2.12. The van der Waals surface area contributed by atoms with Crippen molar-refractivity contribution in [2.24, 2.45) is 0 Å². The van der Waals surface area contributed by atoms with Crippen LogP contribution in [0.25, 0.3) is 10.2 Å². The Kier molecular flexibility index (Phi) is 6.28. The number of aromatic nitrogens is 1. The van der Waals surface area contributed by atoms with E-state index in [1.807, 2.05) is 24.3 Å². The molecular formula is C25H26N2O3S. The first-order valence-corrected chi connectivity index (χ1v) is 11.1. The highest BCUT2D eigenvalue weighted by molar-refractivity contribution is 7.16. The quantitative estimate of drug-likeness (QED) is 0.422. The van der Waals surface area contributed by atoms with Crippen LogP contribution in [0.15, 0.2) is 60.0 Å². The summed E-state index contributed by atoms with van der Waals surface area (Å²) >= 11 is 1.66. The molecule has 0 aliphatic carbocycles. The number of benzene rings is 2. The summed E-state index contributed by atoms with van der Waals surface area (Å²) in [5.74, 6) is 1.33. The highest BCUT2D eigenvalue weighted by Crippen LogP contribution is 2.28. The van der Waals surface area contributed by atoms with E-state index in [4.69, 9.17) is 9.47 Å². The van der Waals surface area contributed by atoms with Crippen LogP contribution in [0.3, 0.4) is 0 Å². The monoisotopic (exact) mass is 434 g/mol. The van der Waals surface area contributed by atoms with Crippen LogP contribution < -0.4 is 14.8 Å². The molecule has 0 atom stereocenters. The summed E-state index contributed by atoms with van der Waals surface area (Å²) < 4.78 is 12.8. The summed E-state index contributed by atoms with van der Waals surface area (Å²) in [6, 6.07) is 18.3. The van der Waals surface area contributed by atoms with Gasteiger partial charge in [-0.15, -0.1) is 11.3 Å². The number of hydrogen-bond donors (Lipinski definition) is 1. The van der Waals surface area contributed by atoms with E-state index in [1.54, 1.807) is 25.6 Å². The summed E-state index contributed by atoms with van der Waals surface area (Å²) in [5, 5.41) is 6.24. The van der Waals surface area contributed by atoms with Gasteiger partial charge in [-0.1, -0.05) is 35.9 Å². The number of carbonyl (C=O) groups excluding carboxylic acids is 1. The molecular weight excluding hydrogens is 408 g/mol. The zero-order valence-electron chi connectivity index (χ0n) is 18.0. The number of rotatable bonds is 8. The van der Waals surface area contributed by atoms with Gasteiger partial charge in [0.05, 0.1) is 14.2 Å². The zero-order valence-corrected chi connectivity index (χ0v) is 18.8. The van der Waals surface area contributed by atoms with Crippen LogP contribution in [0.2, 0.25) is 0 Å². The summed E-state index contributed by atoms with van der Waals surface area (Å²) in [7, 11) is 3.24. The smallest absolute Gasteiger partial charge is 0.267 e. The zero-order chi connectivity index (χ0) is 21.8. The number of fused-ring (bicyclic) bond motifs is 1. The molecule has 0 unspecified atom stereocenters. The van der Waals surface area contributed by atoms with Crippen molar-refractivity contribution in [2.45, 2.75) is 19.9 Å². The van der Waals surface area contributed by atoms with Gasteiger partial charge in [-0.2, -0.15) is 0 Å². The van der Waals surface area contributed by atoms with E-state index in [-0.39, 0.29) is 5.91 Å². The van der Waals surface area contributed by atoms with Crippen LogP contribution >= 0.6 is 11.3 Å². The van der Waals surface area contributed by atoms with Crippen LogP contribution in [0, 0.1) is 6.92 Å². The van der Waals surface area contributed by atoms with E-state index in [0.717, 1.165) is 15.8 Å². The topological polar surface area (TPSA) is 52.5 Å². The molecule has 0 aliphatic heterocycles. The summed E-state index contributed by atoms with van der Waals surface area (Å²) in [5.41, 5.74) is 4.17. The Morgan fingerprint density at radius 1 is 1.00 bits per heavy atom. The fraction of sp³-hybridized carbons (Fsp3) is 0.240. The van der Waals surface area contributed by atoms with E-state index < -0.39 is 0 Å². The Bertz CT molecular complexity index is 1210. The van der Waals surface area contributed by atoms with Gasteiger partial charge >= 0.3 is 0 Å². The molecule has 0 saturated carbocycles. The number of methoxy groups -OCH3 is 2. The maximum Gasteiger partial charge on any atom is 0.267 e. The van der Waals surface area contributed by atoms with Gasteiger partial charge in [-0.3, -0.25) is 4.79 Å².